The lowest BCUT2D eigenvalue weighted by molar-refractivity contribution is -0.148. The van der Waals surface area contributed by atoms with E-state index < -0.39 is 0 Å². The van der Waals surface area contributed by atoms with Gasteiger partial charge in [-0.15, -0.1) is 0 Å². The fraction of sp³-hybridized carbons (Fsp3) is 0.652. The Labute approximate surface area is 185 Å². The standard InChI is InChI=1S/C23H37N3O5/c1-18-9-6-7-15-26(2)23(28)30-16-8-12-20(17-31-25-29)21(22(27)24-18)14-13-19-10-4-3-5-11-19/h3-5,10-11,18,20-21,25,29H,6-9,12-17H2,1-2H3,(H,24,27)/t18-,20-,21-/m1/s1. The molecule has 0 aliphatic carbocycles. The number of benzene rings is 1. The van der Waals surface area contributed by atoms with Gasteiger partial charge in [0.05, 0.1) is 13.2 Å². The first kappa shape index (κ1) is 25.1. The number of hydrogen-bond donors (Lipinski definition) is 3. The highest BCUT2D eigenvalue weighted by molar-refractivity contribution is 5.79. The molecule has 0 spiro atoms. The van der Waals surface area contributed by atoms with Gasteiger partial charge in [0, 0.05) is 25.6 Å². The molecule has 8 heteroatoms. The van der Waals surface area contributed by atoms with Gasteiger partial charge in [-0.05, 0) is 63.4 Å². The molecule has 2 rings (SSSR count). The van der Waals surface area contributed by atoms with Gasteiger partial charge < -0.3 is 15.0 Å². The Hall–Kier alpha value is -2.16. The molecule has 1 aromatic carbocycles. The van der Waals surface area contributed by atoms with Crippen molar-refractivity contribution in [2.75, 3.05) is 26.8 Å². The smallest absolute Gasteiger partial charge is 0.409 e. The highest BCUT2D eigenvalue weighted by atomic mass is 16.8. The van der Waals surface area contributed by atoms with Crippen molar-refractivity contribution in [1.29, 1.82) is 0 Å². The lowest BCUT2D eigenvalue weighted by Crippen LogP contribution is -2.41. The summed E-state index contributed by atoms with van der Waals surface area (Å²) in [6.07, 6.45) is 5.00. The molecule has 3 atom stereocenters. The minimum atomic E-state index is -0.317. The van der Waals surface area contributed by atoms with Gasteiger partial charge >= 0.3 is 6.09 Å². The Morgan fingerprint density at radius 1 is 1.19 bits per heavy atom. The molecule has 3 N–H and O–H groups in total. The van der Waals surface area contributed by atoms with E-state index in [0.717, 1.165) is 25.7 Å². The largest absolute Gasteiger partial charge is 0.449 e. The van der Waals surface area contributed by atoms with Gasteiger partial charge in [0.1, 0.15) is 0 Å². The van der Waals surface area contributed by atoms with Crippen molar-refractivity contribution in [1.82, 2.24) is 15.9 Å². The summed E-state index contributed by atoms with van der Waals surface area (Å²) < 4.78 is 5.38. The Balaban J connectivity index is 2.13. The van der Waals surface area contributed by atoms with E-state index >= 15 is 0 Å². The topological polar surface area (TPSA) is 100 Å². The third-order valence-corrected chi connectivity index (χ3v) is 5.88. The van der Waals surface area contributed by atoms with Crippen LogP contribution in [0.1, 0.15) is 51.0 Å². The molecule has 0 radical (unpaired) electrons. The van der Waals surface area contributed by atoms with E-state index in [1.807, 2.05) is 25.1 Å². The van der Waals surface area contributed by atoms with E-state index in [-0.39, 0.29) is 43.1 Å². The molecule has 0 aromatic heterocycles. The Kier molecular flexibility index (Phi) is 11.3. The summed E-state index contributed by atoms with van der Waals surface area (Å²) in [5, 5.41) is 12.1. The van der Waals surface area contributed by atoms with E-state index in [9.17, 15) is 9.59 Å². The quantitative estimate of drug-likeness (QED) is 0.593. The molecule has 8 nitrogen and oxygen atoms in total. The number of nitrogens with zero attached hydrogens (tertiary/aromatic N) is 1. The zero-order valence-corrected chi connectivity index (χ0v) is 18.7. The van der Waals surface area contributed by atoms with E-state index in [0.29, 0.717) is 25.8 Å². The van der Waals surface area contributed by atoms with Gasteiger partial charge in [0.25, 0.3) is 0 Å². The Bertz CT molecular complexity index is 658. The predicted molar refractivity (Wildman–Crippen MR) is 117 cm³/mol. The third-order valence-electron chi connectivity index (χ3n) is 5.88. The van der Waals surface area contributed by atoms with Crippen molar-refractivity contribution in [3.63, 3.8) is 0 Å². The monoisotopic (exact) mass is 435 g/mol. The van der Waals surface area contributed by atoms with Crippen LogP contribution in [0.3, 0.4) is 0 Å². The number of nitrogens with one attached hydrogen (secondary N) is 2. The van der Waals surface area contributed by atoms with Crippen molar-refractivity contribution in [3.8, 4) is 0 Å². The number of cyclic esters (lactones) is 1. The van der Waals surface area contributed by atoms with E-state index in [1.54, 1.807) is 17.6 Å². The molecule has 2 amide bonds. The lowest BCUT2D eigenvalue weighted by atomic mass is 9.83. The van der Waals surface area contributed by atoms with Gasteiger partial charge in [0.15, 0.2) is 0 Å². The zero-order chi connectivity index (χ0) is 22.5. The maximum absolute atomic E-state index is 13.2. The molecule has 1 heterocycles. The molecule has 0 saturated carbocycles. The van der Waals surface area contributed by atoms with E-state index in [2.05, 4.69) is 17.4 Å². The number of carbonyl (C=O) groups is 2. The Morgan fingerprint density at radius 2 is 1.97 bits per heavy atom. The van der Waals surface area contributed by atoms with Crippen LogP contribution in [0.15, 0.2) is 30.3 Å². The van der Waals surface area contributed by atoms with Crippen LogP contribution in [-0.4, -0.2) is 55.0 Å². The van der Waals surface area contributed by atoms with Crippen LogP contribution in [0.2, 0.25) is 0 Å². The van der Waals surface area contributed by atoms with Crippen LogP contribution < -0.4 is 11.0 Å². The number of amides is 2. The highest BCUT2D eigenvalue weighted by Crippen LogP contribution is 2.25. The SMILES string of the molecule is C[C@@H]1CCCCN(C)C(=O)OCCC[C@H](CONO)[C@@H](CCc2ccccc2)C(=O)N1. The molecule has 174 valence electrons. The van der Waals surface area contributed by atoms with Crippen molar-refractivity contribution in [3.05, 3.63) is 35.9 Å². The maximum Gasteiger partial charge on any atom is 0.409 e. The van der Waals surface area contributed by atoms with Crippen molar-refractivity contribution in [2.24, 2.45) is 11.8 Å². The zero-order valence-electron chi connectivity index (χ0n) is 18.7. The summed E-state index contributed by atoms with van der Waals surface area (Å²) in [5.74, 6) is -0.393. The summed E-state index contributed by atoms with van der Waals surface area (Å²) in [6.45, 7) is 3.13. The second-order valence-electron chi connectivity index (χ2n) is 8.38. The van der Waals surface area contributed by atoms with Crippen LogP contribution in [0.5, 0.6) is 0 Å². The second-order valence-corrected chi connectivity index (χ2v) is 8.38. The summed E-state index contributed by atoms with van der Waals surface area (Å²) in [5.41, 5.74) is 2.91. The van der Waals surface area contributed by atoms with Crippen molar-refractivity contribution in [2.45, 2.75) is 57.9 Å². The lowest BCUT2D eigenvalue weighted by Gasteiger charge is -2.27. The first-order chi connectivity index (χ1) is 15.0. The number of hydrogen-bond acceptors (Lipinski definition) is 6. The number of ether oxygens (including phenoxy) is 1. The number of aryl methyl sites for hydroxylation is 1. The first-order valence-corrected chi connectivity index (χ1v) is 11.2. The predicted octanol–water partition coefficient (Wildman–Crippen LogP) is 3.30. The molecule has 1 aliphatic heterocycles. The average molecular weight is 436 g/mol. The van der Waals surface area contributed by atoms with Crippen LogP contribution in [-0.2, 0) is 20.8 Å². The summed E-state index contributed by atoms with van der Waals surface area (Å²) >= 11 is 0. The molecule has 0 bridgehead atoms. The fourth-order valence-electron chi connectivity index (χ4n) is 4.02. The van der Waals surface area contributed by atoms with Crippen LogP contribution in [0.25, 0.3) is 0 Å². The molecule has 0 unspecified atom stereocenters. The molecular formula is C23H37N3O5. The molecule has 31 heavy (non-hydrogen) atoms. The minimum Gasteiger partial charge on any atom is -0.449 e. The van der Waals surface area contributed by atoms with Crippen LogP contribution in [0, 0.1) is 11.8 Å². The van der Waals surface area contributed by atoms with Gasteiger partial charge in [-0.2, -0.15) is 0 Å². The molecular weight excluding hydrogens is 398 g/mol. The number of carbonyl (C=O) groups excluding carboxylic acids is 2. The molecule has 1 fully saturated rings. The Morgan fingerprint density at radius 3 is 2.71 bits per heavy atom. The second kappa shape index (κ2) is 14.0. The molecule has 1 saturated heterocycles. The van der Waals surface area contributed by atoms with Gasteiger partial charge in [-0.1, -0.05) is 36.0 Å². The molecule has 1 aromatic rings. The fourth-order valence-corrected chi connectivity index (χ4v) is 4.02. The average Bonchev–Trinajstić information content (AvgIpc) is 2.77. The highest BCUT2D eigenvalue weighted by Gasteiger charge is 2.29. The van der Waals surface area contributed by atoms with Crippen molar-refractivity contribution < 1.29 is 24.4 Å². The van der Waals surface area contributed by atoms with Gasteiger partial charge in [-0.3, -0.25) is 14.8 Å². The summed E-state index contributed by atoms with van der Waals surface area (Å²) in [7, 11) is 1.74. The molecule has 1 aliphatic rings. The van der Waals surface area contributed by atoms with E-state index in [1.165, 1.54) is 5.56 Å². The van der Waals surface area contributed by atoms with E-state index in [4.69, 9.17) is 14.8 Å². The first-order valence-electron chi connectivity index (χ1n) is 11.2. The number of rotatable bonds is 6. The summed E-state index contributed by atoms with van der Waals surface area (Å²) in [6, 6.07) is 10.1. The van der Waals surface area contributed by atoms with Crippen LogP contribution in [0.4, 0.5) is 4.79 Å². The summed E-state index contributed by atoms with van der Waals surface area (Å²) in [4.78, 5) is 32.0. The maximum atomic E-state index is 13.2. The van der Waals surface area contributed by atoms with Crippen molar-refractivity contribution >= 4 is 12.0 Å². The van der Waals surface area contributed by atoms with Gasteiger partial charge in [0.2, 0.25) is 5.91 Å². The third kappa shape index (κ3) is 9.25. The van der Waals surface area contributed by atoms with Gasteiger partial charge in [-0.25, -0.2) is 4.79 Å². The van der Waals surface area contributed by atoms with Crippen LogP contribution >= 0.6 is 0 Å². The minimum absolute atomic E-state index is 0.0129. The normalized spacial score (nSPS) is 24.6.